The summed E-state index contributed by atoms with van der Waals surface area (Å²) in [5, 5.41) is 16.2. The maximum atomic E-state index is 9.44. The molecule has 3 N–H and O–H groups in total. The van der Waals surface area contributed by atoms with Gasteiger partial charge in [0.05, 0.1) is 6.54 Å². The Labute approximate surface area is 203 Å². The van der Waals surface area contributed by atoms with E-state index in [1.54, 1.807) is 6.20 Å². The summed E-state index contributed by atoms with van der Waals surface area (Å²) < 4.78 is 5.82. The molecule has 0 bridgehead atoms. The molecule has 6 nitrogen and oxygen atoms in total. The van der Waals surface area contributed by atoms with Crippen molar-refractivity contribution in [2.45, 2.75) is 53.2 Å². The first-order chi connectivity index (χ1) is 14.6. The van der Waals surface area contributed by atoms with E-state index in [1.165, 1.54) is 0 Å². The van der Waals surface area contributed by atoms with Crippen molar-refractivity contribution in [2.24, 2.45) is 10.4 Å². The van der Waals surface area contributed by atoms with Crippen molar-refractivity contribution in [3.05, 3.63) is 59.8 Å². The minimum atomic E-state index is 0. The van der Waals surface area contributed by atoms with E-state index >= 15 is 0 Å². The van der Waals surface area contributed by atoms with Gasteiger partial charge in [-0.25, -0.2) is 9.98 Å². The second kappa shape index (κ2) is 15.0. The molecule has 31 heavy (non-hydrogen) atoms. The van der Waals surface area contributed by atoms with E-state index in [9.17, 15) is 5.11 Å². The van der Waals surface area contributed by atoms with Gasteiger partial charge in [-0.15, -0.1) is 24.0 Å². The van der Waals surface area contributed by atoms with Gasteiger partial charge in [-0.05, 0) is 48.8 Å². The number of aliphatic imine (C=N–C) groups is 1. The van der Waals surface area contributed by atoms with E-state index in [2.05, 4.69) is 36.4 Å². The van der Waals surface area contributed by atoms with Crippen molar-refractivity contribution in [1.82, 2.24) is 15.6 Å². The Bertz CT molecular complexity index is 767. The minimum Gasteiger partial charge on any atom is -0.473 e. The van der Waals surface area contributed by atoms with E-state index in [4.69, 9.17) is 9.73 Å². The Hall–Kier alpha value is -1.87. The van der Waals surface area contributed by atoms with Crippen LogP contribution in [0.5, 0.6) is 5.88 Å². The number of halogens is 1. The molecular weight excluding hydrogens is 503 g/mol. The first kappa shape index (κ1) is 27.2. The van der Waals surface area contributed by atoms with E-state index in [1.807, 2.05) is 42.5 Å². The van der Waals surface area contributed by atoms with Gasteiger partial charge < -0.3 is 20.5 Å². The molecule has 0 saturated heterocycles. The molecule has 0 radical (unpaired) electrons. The van der Waals surface area contributed by atoms with Crippen molar-refractivity contribution in [2.75, 3.05) is 19.7 Å². The number of aliphatic hydroxyl groups is 1. The summed E-state index contributed by atoms with van der Waals surface area (Å²) in [6.07, 6.45) is 4.58. The van der Waals surface area contributed by atoms with Crippen LogP contribution in [0.2, 0.25) is 0 Å². The van der Waals surface area contributed by atoms with Gasteiger partial charge in [0.1, 0.15) is 6.61 Å². The summed E-state index contributed by atoms with van der Waals surface area (Å²) in [7, 11) is 0. The monoisotopic (exact) mass is 540 g/mol. The second-order valence-corrected chi connectivity index (χ2v) is 7.51. The fraction of sp³-hybridized carbons (Fsp3) is 0.500. The zero-order chi connectivity index (χ0) is 21.7. The number of nitrogens with zero attached hydrogens (tertiary/aromatic N) is 2. The second-order valence-electron chi connectivity index (χ2n) is 7.51. The number of hydrogen-bond acceptors (Lipinski definition) is 4. The molecule has 0 unspecified atom stereocenters. The third-order valence-electron chi connectivity index (χ3n) is 5.57. The third-order valence-corrected chi connectivity index (χ3v) is 5.57. The van der Waals surface area contributed by atoms with Crippen LogP contribution in [0.4, 0.5) is 0 Å². The molecule has 0 fully saturated rings. The highest BCUT2D eigenvalue weighted by Gasteiger charge is 2.25. The smallest absolute Gasteiger partial charge is 0.213 e. The summed E-state index contributed by atoms with van der Waals surface area (Å²) >= 11 is 0. The van der Waals surface area contributed by atoms with Gasteiger partial charge in [0, 0.05) is 32.0 Å². The molecule has 1 aromatic carbocycles. The zero-order valence-electron chi connectivity index (χ0n) is 18.9. The molecule has 2 aromatic rings. The lowest BCUT2D eigenvalue weighted by Crippen LogP contribution is -2.43. The van der Waals surface area contributed by atoms with E-state index in [-0.39, 0.29) is 36.0 Å². The topological polar surface area (TPSA) is 78.8 Å². The Morgan fingerprint density at radius 1 is 1.06 bits per heavy atom. The quantitative estimate of drug-likeness (QED) is 0.210. The summed E-state index contributed by atoms with van der Waals surface area (Å²) in [6.45, 7) is 9.22. The van der Waals surface area contributed by atoms with Crippen molar-refractivity contribution in [3.63, 3.8) is 0 Å². The lowest BCUT2D eigenvalue weighted by Gasteiger charge is -2.32. The molecular formula is C24H37IN4O2. The lowest BCUT2D eigenvalue weighted by molar-refractivity contribution is 0.169. The fourth-order valence-electron chi connectivity index (χ4n) is 3.32. The SMILES string of the molecule is CCNC(=NCc1ccnc(OCc2ccccc2)c1)NCC(CC)(CC)CCO.I. The number of nitrogens with one attached hydrogen (secondary N) is 2. The highest BCUT2D eigenvalue weighted by molar-refractivity contribution is 14.0. The van der Waals surface area contributed by atoms with Crippen LogP contribution in [0.25, 0.3) is 0 Å². The molecule has 1 heterocycles. The molecule has 172 valence electrons. The van der Waals surface area contributed by atoms with Gasteiger partial charge in [-0.2, -0.15) is 0 Å². The summed E-state index contributed by atoms with van der Waals surface area (Å²) in [5.74, 6) is 1.38. The molecule has 0 saturated carbocycles. The van der Waals surface area contributed by atoms with Crippen LogP contribution in [-0.2, 0) is 13.2 Å². The molecule has 1 aromatic heterocycles. The molecule has 2 rings (SSSR count). The van der Waals surface area contributed by atoms with Crippen LogP contribution >= 0.6 is 24.0 Å². The first-order valence-corrected chi connectivity index (χ1v) is 10.9. The highest BCUT2D eigenvalue weighted by Crippen LogP contribution is 2.29. The number of benzene rings is 1. The Balaban J connectivity index is 0.00000480. The molecule has 0 atom stereocenters. The van der Waals surface area contributed by atoms with Gasteiger partial charge >= 0.3 is 0 Å². The summed E-state index contributed by atoms with van der Waals surface area (Å²) in [5.41, 5.74) is 2.23. The van der Waals surface area contributed by atoms with E-state index < -0.39 is 0 Å². The van der Waals surface area contributed by atoms with Gasteiger partial charge in [-0.1, -0.05) is 44.2 Å². The van der Waals surface area contributed by atoms with Crippen molar-refractivity contribution in [3.8, 4) is 5.88 Å². The molecule has 0 aliphatic carbocycles. The normalized spacial score (nSPS) is 11.5. The maximum absolute atomic E-state index is 9.44. The van der Waals surface area contributed by atoms with Gasteiger partial charge in [-0.3, -0.25) is 0 Å². The molecule has 0 aliphatic heterocycles. The highest BCUT2D eigenvalue weighted by atomic mass is 127. The lowest BCUT2D eigenvalue weighted by atomic mass is 9.79. The van der Waals surface area contributed by atoms with Crippen LogP contribution in [-0.4, -0.2) is 35.7 Å². The molecule has 0 spiro atoms. The van der Waals surface area contributed by atoms with Gasteiger partial charge in [0.15, 0.2) is 5.96 Å². The number of pyridine rings is 1. The van der Waals surface area contributed by atoms with Crippen LogP contribution in [0.1, 0.15) is 51.2 Å². The van der Waals surface area contributed by atoms with Crippen LogP contribution in [0, 0.1) is 5.41 Å². The number of aliphatic hydroxyl groups excluding tert-OH is 1. The summed E-state index contributed by atoms with van der Waals surface area (Å²) in [6, 6.07) is 13.9. The molecule has 0 amide bonds. The number of ether oxygens (including phenoxy) is 1. The predicted octanol–water partition coefficient (Wildman–Crippen LogP) is 4.52. The average Bonchev–Trinajstić information content (AvgIpc) is 2.79. The third kappa shape index (κ3) is 9.43. The van der Waals surface area contributed by atoms with Crippen LogP contribution < -0.4 is 15.4 Å². The van der Waals surface area contributed by atoms with Crippen molar-refractivity contribution in [1.29, 1.82) is 0 Å². The Morgan fingerprint density at radius 3 is 2.45 bits per heavy atom. The Kier molecular flexibility index (Phi) is 13.2. The largest absolute Gasteiger partial charge is 0.473 e. The molecule has 7 heteroatoms. The fourth-order valence-corrected chi connectivity index (χ4v) is 3.32. The minimum absolute atomic E-state index is 0. The number of rotatable bonds is 12. The van der Waals surface area contributed by atoms with Gasteiger partial charge in [0.25, 0.3) is 0 Å². The van der Waals surface area contributed by atoms with Crippen molar-refractivity contribution < 1.29 is 9.84 Å². The van der Waals surface area contributed by atoms with E-state index in [0.29, 0.717) is 19.0 Å². The summed E-state index contributed by atoms with van der Waals surface area (Å²) in [4.78, 5) is 9.03. The first-order valence-electron chi connectivity index (χ1n) is 10.9. The standard InChI is InChI=1S/C24H36N4O2.HI/c1-4-24(5-2,13-15-29)19-28-23(25-6-3)27-17-21-12-14-26-22(16-21)30-18-20-10-8-7-9-11-20;/h7-12,14,16,29H,4-6,13,15,17-19H2,1-3H3,(H2,25,27,28);1H. The van der Waals surface area contributed by atoms with Crippen LogP contribution in [0.15, 0.2) is 53.7 Å². The maximum Gasteiger partial charge on any atom is 0.213 e. The zero-order valence-corrected chi connectivity index (χ0v) is 21.3. The number of hydrogen-bond donors (Lipinski definition) is 3. The van der Waals surface area contributed by atoms with Gasteiger partial charge in [0.2, 0.25) is 5.88 Å². The molecule has 0 aliphatic rings. The predicted molar refractivity (Wildman–Crippen MR) is 138 cm³/mol. The Morgan fingerprint density at radius 2 is 1.81 bits per heavy atom. The van der Waals surface area contributed by atoms with Crippen molar-refractivity contribution >= 4 is 29.9 Å². The van der Waals surface area contributed by atoms with E-state index in [0.717, 1.165) is 49.4 Å². The average molecular weight is 540 g/mol. The number of aromatic nitrogens is 1. The van der Waals surface area contributed by atoms with Crippen LogP contribution in [0.3, 0.4) is 0 Å². The number of guanidine groups is 1.